The van der Waals surface area contributed by atoms with Crippen molar-refractivity contribution in [1.29, 1.82) is 0 Å². The Morgan fingerprint density at radius 1 is 1.37 bits per heavy atom. The van der Waals surface area contributed by atoms with E-state index < -0.39 is 5.41 Å². The van der Waals surface area contributed by atoms with Crippen molar-refractivity contribution >= 4 is 23.1 Å². The van der Waals surface area contributed by atoms with Crippen molar-refractivity contribution in [2.45, 2.75) is 38.8 Å². The Hall–Kier alpha value is -1.43. The lowest BCUT2D eigenvalue weighted by Crippen LogP contribution is -2.51. The summed E-state index contributed by atoms with van der Waals surface area (Å²) in [6.07, 6.45) is 7.40. The first-order valence-electron chi connectivity index (χ1n) is 6.73. The maximum Gasteiger partial charge on any atom is 0.236 e. The minimum absolute atomic E-state index is 0.103. The highest BCUT2D eigenvalue weighted by Gasteiger charge is 2.46. The van der Waals surface area contributed by atoms with E-state index in [1.54, 1.807) is 6.20 Å². The normalized spacial score (nSPS) is 21.2. The zero-order valence-electron chi connectivity index (χ0n) is 10.8. The van der Waals surface area contributed by atoms with Crippen LogP contribution in [0.1, 0.15) is 31.5 Å². The molecule has 0 saturated heterocycles. The summed E-state index contributed by atoms with van der Waals surface area (Å²) in [5, 5.41) is 0. The van der Waals surface area contributed by atoms with Crippen LogP contribution in [0.25, 0.3) is 0 Å². The van der Waals surface area contributed by atoms with E-state index in [0.717, 1.165) is 38.1 Å². The van der Waals surface area contributed by atoms with E-state index in [0.29, 0.717) is 18.1 Å². The summed E-state index contributed by atoms with van der Waals surface area (Å²) in [6, 6.07) is 0. The smallest absolute Gasteiger partial charge is 0.236 e. The molecular formula is C13H18N4OS. The van der Waals surface area contributed by atoms with Crippen LogP contribution < -0.4 is 5.73 Å². The predicted octanol–water partition coefficient (Wildman–Crippen LogP) is 1.07. The molecule has 6 heteroatoms. The van der Waals surface area contributed by atoms with E-state index in [-0.39, 0.29) is 5.91 Å². The fourth-order valence-electron chi connectivity index (χ4n) is 3.19. The number of carbonyl (C=O) groups excluding carboxylic acids is 1. The maximum atomic E-state index is 12.8. The van der Waals surface area contributed by atoms with Crippen LogP contribution in [-0.2, 0) is 17.9 Å². The van der Waals surface area contributed by atoms with Gasteiger partial charge in [-0.1, -0.05) is 25.1 Å². The molecule has 1 aromatic heterocycles. The summed E-state index contributed by atoms with van der Waals surface area (Å²) in [5.74, 6) is 1.04. The Morgan fingerprint density at radius 3 is 2.79 bits per heavy atom. The molecule has 1 aromatic rings. The molecule has 1 aliphatic heterocycles. The van der Waals surface area contributed by atoms with Crippen molar-refractivity contribution < 1.29 is 4.79 Å². The largest absolute Gasteiger partial charge is 0.392 e. The molecule has 102 valence electrons. The Bertz CT molecular complexity index is 518. The second-order valence-electron chi connectivity index (χ2n) is 5.42. The van der Waals surface area contributed by atoms with E-state index in [2.05, 4.69) is 9.55 Å². The van der Waals surface area contributed by atoms with Gasteiger partial charge in [0, 0.05) is 25.5 Å². The van der Waals surface area contributed by atoms with Crippen molar-refractivity contribution in [2.24, 2.45) is 11.1 Å². The Balaban J connectivity index is 1.83. The number of hydrogen-bond donors (Lipinski definition) is 1. The summed E-state index contributed by atoms with van der Waals surface area (Å²) in [6.45, 7) is 2.08. The van der Waals surface area contributed by atoms with Gasteiger partial charge in [0.15, 0.2) is 0 Å². The van der Waals surface area contributed by atoms with Crippen LogP contribution in [0.4, 0.5) is 0 Å². The van der Waals surface area contributed by atoms with E-state index in [1.165, 1.54) is 0 Å². The number of nitrogens with two attached hydrogens (primary N) is 1. The number of hydrogen-bond acceptors (Lipinski definition) is 3. The molecule has 0 aromatic carbocycles. The third kappa shape index (κ3) is 1.94. The molecule has 2 aliphatic rings. The number of amides is 1. The van der Waals surface area contributed by atoms with Crippen LogP contribution in [0, 0.1) is 5.41 Å². The second-order valence-corrected chi connectivity index (χ2v) is 5.86. The Morgan fingerprint density at radius 2 is 2.11 bits per heavy atom. The van der Waals surface area contributed by atoms with Gasteiger partial charge in [-0.25, -0.2) is 4.98 Å². The van der Waals surface area contributed by atoms with E-state index in [4.69, 9.17) is 18.0 Å². The zero-order chi connectivity index (χ0) is 13.5. The third-order valence-corrected chi connectivity index (χ3v) is 4.76. The molecule has 5 nitrogen and oxygen atoms in total. The summed E-state index contributed by atoms with van der Waals surface area (Å²) in [5.41, 5.74) is 5.28. The fraction of sp³-hybridized carbons (Fsp3) is 0.615. The highest BCUT2D eigenvalue weighted by atomic mass is 32.1. The summed E-state index contributed by atoms with van der Waals surface area (Å²) < 4.78 is 2.09. The zero-order valence-corrected chi connectivity index (χ0v) is 11.7. The Labute approximate surface area is 117 Å². The number of nitrogens with zero attached hydrogens (tertiary/aromatic N) is 3. The molecule has 1 aliphatic carbocycles. The molecule has 0 bridgehead atoms. The fourth-order valence-corrected chi connectivity index (χ4v) is 3.49. The quantitative estimate of drug-likeness (QED) is 0.822. The van der Waals surface area contributed by atoms with Crippen molar-refractivity contribution in [1.82, 2.24) is 14.5 Å². The highest BCUT2D eigenvalue weighted by molar-refractivity contribution is 7.80. The number of aromatic nitrogens is 2. The van der Waals surface area contributed by atoms with Crippen LogP contribution in [0.3, 0.4) is 0 Å². The van der Waals surface area contributed by atoms with Crippen molar-refractivity contribution in [3.8, 4) is 0 Å². The van der Waals surface area contributed by atoms with Crippen LogP contribution in [0.15, 0.2) is 12.4 Å². The molecule has 19 heavy (non-hydrogen) atoms. The van der Waals surface area contributed by atoms with Crippen LogP contribution in [0.5, 0.6) is 0 Å². The van der Waals surface area contributed by atoms with Gasteiger partial charge in [0.2, 0.25) is 5.91 Å². The Kier molecular flexibility index (Phi) is 3.05. The van der Waals surface area contributed by atoms with Gasteiger partial charge in [-0.15, -0.1) is 0 Å². The minimum Gasteiger partial charge on any atom is -0.392 e. The SMILES string of the molecule is NC(=S)C1(C(=O)N2CCn3ccnc3C2)CCCC1. The monoisotopic (exact) mass is 278 g/mol. The van der Waals surface area contributed by atoms with Gasteiger partial charge >= 0.3 is 0 Å². The van der Waals surface area contributed by atoms with E-state index in [1.807, 2.05) is 11.1 Å². The van der Waals surface area contributed by atoms with Crippen LogP contribution >= 0.6 is 12.2 Å². The number of thiocarbonyl (C=S) groups is 1. The summed E-state index contributed by atoms with van der Waals surface area (Å²) in [7, 11) is 0. The number of rotatable bonds is 2. The van der Waals surface area contributed by atoms with E-state index >= 15 is 0 Å². The average Bonchev–Trinajstić information content (AvgIpc) is 3.06. The van der Waals surface area contributed by atoms with Gasteiger partial charge < -0.3 is 15.2 Å². The second kappa shape index (κ2) is 4.59. The molecule has 1 fully saturated rings. The van der Waals surface area contributed by atoms with Crippen molar-refractivity contribution in [2.75, 3.05) is 6.54 Å². The highest BCUT2D eigenvalue weighted by Crippen LogP contribution is 2.40. The molecule has 2 heterocycles. The lowest BCUT2D eigenvalue weighted by atomic mass is 9.84. The van der Waals surface area contributed by atoms with Crippen LogP contribution in [-0.4, -0.2) is 31.9 Å². The predicted molar refractivity (Wildman–Crippen MR) is 75.3 cm³/mol. The lowest BCUT2D eigenvalue weighted by molar-refractivity contribution is -0.139. The van der Waals surface area contributed by atoms with Crippen molar-refractivity contribution in [3.05, 3.63) is 18.2 Å². The molecule has 0 atom stereocenters. The molecule has 1 amide bonds. The van der Waals surface area contributed by atoms with E-state index in [9.17, 15) is 4.79 Å². The molecule has 2 N–H and O–H groups in total. The van der Waals surface area contributed by atoms with Gasteiger partial charge in [0.25, 0.3) is 0 Å². The maximum absolute atomic E-state index is 12.8. The number of imidazole rings is 1. The lowest BCUT2D eigenvalue weighted by Gasteiger charge is -2.35. The summed E-state index contributed by atoms with van der Waals surface area (Å²) in [4.78, 5) is 19.3. The molecule has 0 unspecified atom stereocenters. The van der Waals surface area contributed by atoms with Gasteiger partial charge in [0.1, 0.15) is 5.82 Å². The van der Waals surface area contributed by atoms with Crippen LogP contribution in [0.2, 0.25) is 0 Å². The third-order valence-electron chi connectivity index (χ3n) is 4.37. The topological polar surface area (TPSA) is 64.2 Å². The number of carbonyl (C=O) groups is 1. The van der Waals surface area contributed by atoms with Gasteiger partial charge in [0.05, 0.1) is 16.9 Å². The first kappa shape index (κ1) is 12.6. The van der Waals surface area contributed by atoms with Gasteiger partial charge in [-0.3, -0.25) is 4.79 Å². The first-order valence-corrected chi connectivity index (χ1v) is 7.14. The minimum atomic E-state index is -0.593. The standard InChI is InChI=1S/C13H18N4OS/c14-11(19)13(3-1-2-4-13)12(18)17-8-7-16-6-5-15-10(16)9-17/h5-6H,1-4,7-9H2,(H2,14,19). The molecular weight excluding hydrogens is 260 g/mol. The van der Waals surface area contributed by atoms with Gasteiger partial charge in [-0.2, -0.15) is 0 Å². The summed E-state index contributed by atoms with van der Waals surface area (Å²) >= 11 is 5.18. The van der Waals surface area contributed by atoms with Gasteiger partial charge in [-0.05, 0) is 12.8 Å². The molecule has 0 spiro atoms. The molecule has 0 radical (unpaired) electrons. The van der Waals surface area contributed by atoms with Crippen molar-refractivity contribution in [3.63, 3.8) is 0 Å². The molecule has 3 rings (SSSR count). The number of fused-ring (bicyclic) bond motifs is 1. The first-order chi connectivity index (χ1) is 9.13. The average molecular weight is 278 g/mol. The molecule has 1 saturated carbocycles.